The minimum atomic E-state index is -0.975. The SMILES string of the molecule is C=CC(C)(O)COCCOCCO. The van der Waals surface area contributed by atoms with E-state index in [1.54, 1.807) is 6.92 Å². The van der Waals surface area contributed by atoms with Gasteiger partial charge in [0.15, 0.2) is 0 Å². The second-order valence-corrected chi connectivity index (χ2v) is 2.95. The van der Waals surface area contributed by atoms with Gasteiger partial charge < -0.3 is 19.7 Å². The van der Waals surface area contributed by atoms with Gasteiger partial charge in [-0.3, -0.25) is 0 Å². The van der Waals surface area contributed by atoms with Crippen LogP contribution in [0.25, 0.3) is 0 Å². The van der Waals surface area contributed by atoms with Crippen LogP contribution in [0.3, 0.4) is 0 Å². The number of ether oxygens (including phenoxy) is 2. The minimum absolute atomic E-state index is 0.0182. The van der Waals surface area contributed by atoms with Gasteiger partial charge in [-0.15, -0.1) is 6.58 Å². The van der Waals surface area contributed by atoms with E-state index in [0.29, 0.717) is 19.8 Å². The Hall–Kier alpha value is -0.420. The molecule has 0 spiro atoms. The fourth-order valence-corrected chi connectivity index (χ4v) is 0.622. The molecule has 2 N–H and O–H groups in total. The van der Waals surface area contributed by atoms with Gasteiger partial charge in [0.2, 0.25) is 0 Å². The highest BCUT2D eigenvalue weighted by Crippen LogP contribution is 2.03. The van der Waals surface area contributed by atoms with E-state index in [9.17, 15) is 5.11 Å². The molecular formula is C9H18O4. The zero-order valence-corrected chi connectivity index (χ0v) is 8.03. The predicted molar refractivity (Wildman–Crippen MR) is 49.5 cm³/mol. The normalized spacial score (nSPS) is 15.3. The molecule has 0 aliphatic rings. The second kappa shape index (κ2) is 7.03. The summed E-state index contributed by atoms with van der Waals surface area (Å²) in [4.78, 5) is 0. The molecule has 0 aromatic heterocycles. The minimum Gasteiger partial charge on any atom is -0.394 e. The van der Waals surface area contributed by atoms with Crippen LogP contribution in [-0.2, 0) is 9.47 Å². The van der Waals surface area contributed by atoms with Gasteiger partial charge in [-0.2, -0.15) is 0 Å². The standard InChI is InChI=1S/C9H18O4/c1-3-9(2,11)8-13-7-6-12-5-4-10/h3,10-11H,1,4-8H2,2H3. The third-order valence-electron chi connectivity index (χ3n) is 1.44. The summed E-state index contributed by atoms with van der Waals surface area (Å²) < 4.78 is 10.1. The van der Waals surface area contributed by atoms with Crippen molar-refractivity contribution in [3.8, 4) is 0 Å². The molecule has 0 rings (SSSR count). The second-order valence-electron chi connectivity index (χ2n) is 2.95. The Labute approximate surface area is 78.8 Å². The molecule has 0 aromatic carbocycles. The van der Waals surface area contributed by atoms with Gasteiger partial charge in [0.1, 0.15) is 5.60 Å². The fourth-order valence-electron chi connectivity index (χ4n) is 0.622. The van der Waals surface area contributed by atoms with Gasteiger partial charge in [0, 0.05) is 0 Å². The van der Waals surface area contributed by atoms with Crippen molar-refractivity contribution in [3.63, 3.8) is 0 Å². The van der Waals surface area contributed by atoms with Gasteiger partial charge in [-0.05, 0) is 6.92 Å². The van der Waals surface area contributed by atoms with Gasteiger partial charge in [-0.25, -0.2) is 0 Å². The van der Waals surface area contributed by atoms with Crippen molar-refractivity contribution >= 4 is 0 Å². The summed E-state index contributed by atoms with van der Waals surface area (Å²) in [5.74, 6) is 0. The van der Waals surface area contributed by atoms with E-state index >= 15 is 0 Å². The maximum Gasteiger partial charge on any atom is 0.103 e. The van der Waals surface area contributed by atoms with Gasteiger partial charge in [-0.1, -0.05) is 6.08 Å². The van der Waals surface area contributed by atoms with Crippen molar-refractivity contribution in [2.24, 2.45) is 0 Å². The van der Waals surface area contributed by atoms with Crippen molar-refractivity contribution in [1.29, 1.82) is 0 Å². The zero-order chi connectivity index (χ0) is 10.2. The molecule has 4 heteroatoms. The first-order valence-corrected chi connectivity index (χ1v) is 4.25. The molecule has 0 aliphatic carbocycles. The van der Waals surface area contributed by atoms with Crippen molar-refractivity contribution in [3.05, 3.63) is 12.7 Å². The number of rotatable bonds is 8. The monoisotopic (exact) mass is 190 g/mol. The topological polar surface area (TPSA) is 58.9 Å². The summed E-state index contributed by atoms with van der Waals surface area (Å²) in [6.45, 7) is 6.46. The maximum atomic E-state index is 9.40. The average Bonchev–Trinajstić information content (AvgIpc) is 2.11. The van der Waals surface area contributed by atoms with Gasteiger partial charge >= 0.3 is 0 Å². The van der Waals surface area contributed by atoms with E-state index in [2.05, 4.69) is 6.58 Å². The largest absolute Gasteiger partial charge is 0.394 e. The van der Waals surface area contributed by atoms with E-state index in [1.165, 1.54) is 6.08 Å². The van der Waals surface area contributed by atoms with E-state index in [-0.39, 0.29) is 13.2 Å². The number of hydrogen-bond donors (Lipinski definition) is 2. The molecule has 0 saturated carbocycles. The van der Waals surface area contributed by atoms with Crippen LogP contribution in [0.1, 0.15) is 6.92 Å². The van der Waals surface area contributed by atoms with Crippen molar-refractivity contribution in [2.75, 3.05) is 33.0 Å². The van der Waals surface area contributed by atoms with Crippen molar-refractivity contribution in [2.45, 2.75) is 12.5 Å². The summed E-state index contributed by atoms with van der Waals surface area (Å²) in [5, 5.41) is 17.8. The van der Waals surface area contributed by atoms with Crippen LogP contribution in [0.2, 0.25) is 0 Å². The van der Waals surface area contributed by atoms with Crippen LogP contribution in [0, 0.1) is 0 Å². The summed E-state index contributed by atoms with van der Waals surface area (Å²) in [5.41, 5.74) is -0.975. The van der Waals surface area contributed by atoms with Crippen LogP contribution in [0.5, 0.6) is 0 Å². The molecule has 13 heavy (non-hydrogen) atoms. The number of hydrogen-bond acceptors (Lipinski definition) is 4. The molecule has 0 amide bonds. The summed E-state index contributed by atoms with van der Waals surface area (Å²) in [7, 11) is 0. The number of aliphatic hydroxyl groups excluding tert-OH is 1. The molecule has 0 fully saturated rings. The first-order valence-electron chi connectivity index (χ1n) is 4.25. The summed E-state index contributed by atoms with van der Waals surface area (Å²) in [6.07, 6.45) is 1.43. The Kier molecular flexibility index (Phi) is 6.80. The predicted octanol–water partition coefficient (Wildman–Crippen LogP) is -0.0511. The Bertz CT molecular complexity index is 134. The molecule has 4 nitrogen and oxygen atoms in total. The van der Waals surface area contributed by atoms with Gasteiger partial charge in [0.05, 0.1) is 33.0 Å². The van der Waals surface area contributed by atoms with E-state index in [1.807, 2.05) is 0 Å². The molecule has 1 atom stereocenters. The lowest BCUT2D eigenvalue weighted by molar-refractivity contribution is -0.0254. The number of aliphatic hydroxyl groups is 2. The lowest BCUT2D eigenvalue weighted by Crippen LogP contribution is -2.28. The fraction of sp³-hybridized carbons (Fsp3) is 0.778. The van der Waals surface area contributed by atoms with Crippen molar-refractivity contribution < 1.29 is 19.7 Å². The van der Waals surface area contributed by atoms with Crippen LogP contribution >= 0.6 is 0 Å². The Morgan fingerprint density at radius 1 is 1.31 bits per heavy atom. The van der Waals surface area contributed by atoms with Gasteiger partial charge in [0.25, 0.3) is 0 Å². The molecule has 0 radical (unpaired) electrons. The smallest absolute Gasteiger partial charge is 0.103 e. The Morgan fingerprint density at radius 3 is 2.46 bits per heavy atom. The van der Waals surface area contributed by atoms with E-state index < -0.39 is 5.60 Å². The third-order valence-corrected chi connectivity index (χ3v) is 1.44. The lowest BCUT2D eigenvalue weighted by Gasteiger charge is -2.17. The maximum absolute atomic E-state index is 9.40. The first-order chi connectivity index (χ1) is 6.12. The van der Waals surface area contributed by atoms with Crippen LogP contribution < -0.4 is 0 Å². The Morgan fingerprint density at radius 2 is 1.92 bits per heavy atom. The first kappa shape index (κ1) is 12.6. The zero-order valence-electron chi connectivity index (χ0n) is 8.03. The summed E-state index contributed by atoms with van der Waals surface area (Å²) >= 11 is 0. The molecule has 0 heterocycles. The van der Waals surface area contributed by atoms with Crippen LogP contribution in [0.4, 0.5) is 0 Å². The molecule has 0 bridgehead atoms. The van der Waals surface area contributed by atoms with Crippen LogP contribution in [0.15, 0.2) is 12.7 Å². The van der Waals surface area contributed by atoms with E-state index in [0.717, 1.165) is 0 Å². The molecule has 78 valence electrons. The quantitative estimate of drug-likeness (QED) is 0.416. The lowest BCUT2D eigenvalue weighted by atomic mass is 10.1. The molecule has 0 saturated heterocycles. The highest BCUT2D eigenvalue weighted by Gasteiger charge is 2.14. The molecular weight excluding hydrogens is 172 g/mol. The Balaban J connectivity index is 3.20. The highest BCUT2D eigenvalue weighted by atomic mass is 16.5. The average molecular weight is 190 g/mol. The van der Waals surface area contributed by atoms with Crippen LogP contribution in [-0.4, -0.2) is 48.8 Å². The molecule has 0 aliphatic heterocycles. The highest BCUT2D eigenvalue weighted by molar-refractivity contribution is 4.91. The van der Waals surface area contributed by atoms with Crippen molar-refractivity contribution in [1.82, 2.24) is 0 Å². The van der Waals surface area contributed by atoms with E-state index in [4.69, 9.17) is 14.6 Å². The molecule has 0 aromatic rings. The third kappa shape index (κ3) is 7.93. The summed E-state index contributed by atoms with van der Waals surface area (Å²) in [6, 6.07) is 0. The molecule has 1 unspecified atom stereocenters.